The Morgan fingerprint density at radius 3 is 2.18 bits per heavy atom. The molecule has 0 fully saturated rings. The fourth-order valence-corrected chi connectivity index (χ4v) is 5.89. The highest BCUT2D eigenvalue weighted by atomic mass is 35.5. The molecule has 0 bridgehead atoms. The number of carbonyl (C=O) groups excluding carboxylic acids is 2. The second kappa shape index (κ2) is 13.1. The van der Waals surface area contributed by atoms with Crippen LogP contribution in [0.4, 0.5) is 5.69 Å². The lowest BCUT2D eigenvalue weighted by atomic mass is 10.1. The van der Waals surface area contributed by atoms with Gasteiger partial charge in [0.1, 0.15) is 12.6 Å². The quantitative estimate of drug-likeness (QED) is 0.330. The van der Waals surface area contributed by atoms with E-state index in [1.54, 1.807) is 74.5 Å². The minimum absolute atomic E-state index is 0.0344. The maximum Gasteiger partial charge on any atom is 0.264 e. The number of nitrogens with zero attached hydrogens (tertiary/aromatic N) is 2. The molecule has 0 unspecified atom stereocenters. The normalized spacial score (nSPS) is 12.0. The first-order chi connectivity index (χ1) is 18.1. The fraction of sp³-hybridized carbons (Fsp3) is 0.286. The molecule has 0 aliphatic rings. The third-order valence-corrected chi connectivity index (χ3v) is 8.56. The number of amides is 2. The molecule has 202 valence electrons. The molecule has 0 spiro atoms. The van der Waals surface area contributed by atoms with Crippen LogP contribution >= 0.6 is 23.2 Å². The summed E-state index contributed by atoms with van der Waals surface area (Å²) in [7, 11) is -4.15. The average molecular weight is 577 g/mol. The summed E-state index contributed by atoms with van der Waals surface area (Å²) >= 11 is 12.4. The number of hydrogen-bond donors (Lipinski definition) is 1. The van der Waals surface area contributed by atoms with Gasteiger partial charge in [-0.3, -0.25) is 13.9 Å². The maximum atomic E-state index is 14.0. The molecule has 3 aromatic rings. The summed E-state index contributed by atoms with van der Waals surface area (Å²) < 4.78 is 28.7. The Kier molecular flexibility index (Phi) is 10.2. The topological polar surface area (TPSA) is 86.8 Å². The summed E-state index contributed by atoms with van der Waals surface area (Å²) in [6.45, 7) is 5.27. The Bertz CT molecular complexity index is 1370. The van der Waals surface area contributed by atoms with Crippen molar-refractivity contribution in [2.45, 2.75) is 44.7 Å². The largest absolute Gasteiger partial charge is 0.355 e. The second-order valence-corrected chi connectivity index (χ2v) is 11.4. The van der Waals surface area contributed by atoms with Crippen LogP contribution in [-0.4, -0.2) is 44.3 Å². The van der Waals surface area contributed by atoms with Gasteiger partial charge in [-0.25, -0.2) is 8.42 Å². The predicted molar refractivity (Wildman–Crippen MR) is 152 cm³/mol. The number of likely N-dealkylation sites (N-methyl/N-ethyl adjacent to an activating group) is 1. The Morgan fingerprint density at radius 1 is 0.921 bits per heavy atom. The first-order valence-electron chi connectivity index (χ1n) is 12.2. The molecule has 10 heteroatoms. The molecule has 0 aliphatic carbocycles. The van der Waals surface area contributed by atoms with Crippen molar-refractivity contribution in [1.29, 1.82) is 0 Å². The maximum absolute atomic E-state index is 14.0. The van der Waals surface area contributed by atoms with E-state index in [-0.39, 0.29) is 23.0 Å². The molecule has 2 amide bonds. The van der Waals surface area contributed by atoms with Crippen molar-refractivity contribution in [2.24, 2.45) is 0 Å². The van der Waals surface area contributed by atoms with Crippen molar-refractivity contribution in [3.05, 3.63) is 94.0 Å². The van der Waals surface area contributed by atoms with E-state index in [2.05, 4.69) is 5.32 Å². The van der Waals surface area contributed by atoms with Gasteiger partial charge in [-0.05, 0) is 67.8 Å². The highest BCUT2D eigenvalue weighted by Crippen LogP contribution is 2.31. The summed E-state index contributed by atoms with van der Waals surface area (Å²) in [6, 6.07) is 18.9. The summed E-state index contributed by atoms with van der Waals surface area (Å²) in [5.74, 6) is -0.842. The highest BCUT2D eigenvalue weighted by molar-refractivity contribution is 7.92. The van der Waals surface area contributed by atoms with E-state index in [1.165, 1.54) is 17.0 Å². The fourth-order valence-electron chi connectivity index (χ4n) is 4.10. The number of hydrogen-bond acceptors (Lipinski definition) is 4. The van der Waals surface area contributed by atoms with Crippen LogP contribution in [0.2, 0.25) is 10.0 Å². The molecular weight excluding hydrogens is 545 g/mol. The summed E-state index contributed by atoms with van der Waals surface area (Å²) in [4.78, 5) is 28.4. The molecule has 0 saturated carbocycles. The average Bonchev–Trinajstić information content (AvgIpc) is 2.90. The zero-order valence-electron chi connectivity index (χ0n) is 21.5. The number of nitrogens with one attached hydrogen (secondary N) is 1. The van der Waals surface area contributed by atoms with Crippen molar-refractivity contribution in [2.75, 3.05) is 17.4 Å². The number of anilines is 1. The monoisotopic (exact) mass is 575 g/mol. The predicted octanol–water partition coefficient (Wildman–Crippen LogP) is 5.44. The zero-order chi connectivity index (χ0) is 27.9. The molecule has 1 N–H and O–H groups in total. The van der Waals surface area contributed by atoms with Crippen LogP contribution in [0.3, 0.4) is 0 Å². The van der Waals surface area contributed by atoms with Gasteiger partial charge in [0.15, 0.2) is 0 Å². The van der Waals surface area contributed by atoms with Crippen LogP contribution in [0.15, 0.2) is 77.7 Å². The molecule has 3 aromatic carbocycles. The molecular formula is C28H31Cl2N3O4S. The number of sulfonamides is 1. The van der Waals surface area contributed by atoms with E-state index in [0.29, 0.717) is 28.6 Å². The van der Waals surface area contributed by atoms with E-state index in [1.807, 2.05) is 6.92 Å². The lowest BCUT2D eigenvalue weighted by Gasteiger charge is -2.33. The molecule has 1 atom stereocenters. The van der Waals surface area contributed by atoms with Gasteiger partial charge in [0.25, 0.3) is 10.0 Å². The van der Waals surface area contributed by atoms with E-state index < -0.39 is 28.5 Å². The minimum atomic E-state index is -4.15. The lowest BCUT2D eigenvalue weighted by molar-refractivity contribution is -0.140. The van der Waals surface area contributed by atoms with Crippen molar-refractivity contribution in [1.82, 2.24) is 10.2 Å². The van der Waals surface area contributed by atoms with Crippen molar-refractivity contribution in [3.63, 3.8) is 0 Å². The van der Waals surface area contributed by atoms with Crippen molar-refractivity contribution < 1.29 is 18.0 Å². The van der Waals surface area contributed by atoms with E-state index >= 15 is 0 Å². The molecule has 0 aliphatic heterocycles. The van der Waals surface area contributed by atoms with Gasteiger partial charge in [-0.1, -0.05) is 66.5 Å². The molecule has 0 heterocycles. The van der Waals surface area contributed by atoms with Crippen molar-refractivity contribution >= 4 is 50.7 Å². The van der Waals surface area contributed by atoms with Gasteiger partial charge >= 0.3 is 0 Å². The second-order valence-electron chi connectivity index (χ2n) is 8.68. The van der Waals surface area contributed by atoms with Gasteiger partial charge in [0.2, 0.25) is 11.8 Å². The molecule has 7 nitrogen and oxygen atoms in total. The van der Waals surface area contributed by atoms with Crippen LogP contribution in [0.25, 0.3) is 0 Å². The smallest absolute Gasteiger partial charge is 0.264 e. The first-order valence-corrected chi connectivity index (χ1v) is 14.4. The Morgan fingerprint density at radius 2 is 1.58 bits per heavy atom. The minimum Gasteiger partial charge on any atom is -0.355 e. The van der Waals surface area contributed by atoms with Crippen LogP contribution in [-0.2, 0) is 26.2 Å². The van der Waals surface area contributed by atoms with Gasteiger partial charge < -0.3 is 10.2 Å². The van der Waals surface area contributed by atoms with Gasteiger partial charge in [-0.2, -0.15) is 0 Å². The number of carbonyl (C=O) groups is 2. The van der Waals surface area contributed by atoms with Crippen LogP contribution in [0.5, 0.6) is 0 Å². The summed E-state index contributed by atoms with van der Waals surface area (Å²) in [5.41, 5.74) is 1.55. The Labute approximate surface area is 234 Å². The molecule has 0 radical (unpaired) electrons. The van der Waals surface area contributed by atoms with E-state index in [0.717, 1.165) is 9.87 Å². The third kappa shape index (κ3) is 6.87. The summed E-state index contributed by atoms with van der Waals surface area (Å²) in [5, 5.41) is 3.69. The highest BCUT2D eigenvalue weighted by Gasteiger charge is 2.34. The summed E-state index contributed by atoms with van der Waals surface area (Å²) in [6.07, 6.45) is 0.340. The van der Waals surface area contributed by atoms with Crippen LogP contribution in [0, 0.1) is 6.92 Å². The van der Waals surface area contributed by atoms with Crippen molar-refractivity contribution in [3.8, 4) is 0 Å². The molecule has 3 rings (SSSR count). The number of benzene rings is 3. The van der Waals surface area contributed by atoms with Gasteiger partial charge in [-0.15, -0.1) is 0 Å². The number of rotatable bonds is 11. The molecule has 0 saturated heterocycles. The standard InChI is InChI=1S/C28H31Cl2N3O4S/c1-4-25(28(35)31-5-2)32(18-21-14-16-22(29)17-15-21)27(34)19-33(26-13-9-12-24(30)20(26)3)38(36,37)23-10-7-6-8-11-23/h6-17,25H,4-5,18-19H2,1-3H3,(H,31,35)/t25-/m0/s1. The first kappa shape index (κ1) is 29.5. The lowest BCUT2D eigenvalue weighted by Crippen LogP contribution is -2.52. The molecule has 0 aromatic heterocycles. The third-order valence-electron chi connectivity index (χ3n) is 6.12. The Balaban J connectivity index is 2.09. The van der Waals surface area contributed by atoms with E-state index in [4.69, 9.17) is 23.2 Å². The number of halogens is 2. The van der Waals surface area contributed by atoms with E-state index in [9.17, 15) is 18.0 Å². The Hall–Kier alpha value is -3.07. The zero-order valence-corrected chi connectivity index (χ0v) is 23.9. The molecule has 38 heavy (non-hydrogen) atoms. The van der Waals surface area contributed by atoms with Crippen LogP contribution < -0.4 is 9.62 Å². The van der Waals surface area contributed by atoms with Gasteiger partial charge in [0.05, 0.1) is 10.6 Å². The SMILES string of the molecule is CCNC(=O)[C@H](CC)N(Cc1ccc(Cl)cc1)C(=O)CN(c1cccc(Cl)c1C)S(=O)(=O)c1ccccc1. The van der Waals surface area contributed by atoms with Crippen LogP contribution in [0.1, 0.15) is 31.4 Å². The van der Waals surface area contributed by atoms with Gasteiger partial charge in [0, 0.05) is 23.1 Å².